The zero-order chi connectivity index (χ0) is 31.0. The highest BCUT2D eigenvalue weighted by molar-refractivity contribution is 9.10. The minimum absolute atomic E-state index is 0.0396. The topological polar surface area (TPSA) is 108 Å². The molecule has 4 aromatic rings. The molecular weight excluding hydrogens is 668 g/mol. The zero-order valence-electron chi connectivity index (χ0n) is 23.3. The van der Waals surface area contributed by atoms with Crippen molar-refractivity contribution in [2.75, 3.05) is 12.4 Å². The second-order valence-electron chi connectivity index (χ2n) is 10.6. The van der Waals surface area contributed by atoms with Crippen LogP contribution in [0.4, 0.5) is 11.4 Å². The predicted octanol–water partition coefficient (Wildman–Crippen LogP) is 8.40. The first-order chi connectivity index (χ1) is 21.2. The summed E-state index contributed by atoms with van der Waals surface area (Å²) in [6.45, 7) is 0. The molecule has 1 heterocycles. The molecule has 0 saturated heterocycles. The maximum Gasteiger partial charge on any atom is 0.343 e. The first-order valence-electron chi connectivity index (χ1n) is 13.8. The molecule has 0 unspecified atom stereocenters. The van der Waals surface area contributed by atoms with Crippen molar-refractivity contribution >= 4 is 62.6 Å². The van der Waals surface area contributed by atoms with E-state index in [1.54, 1.807) is 48.5 Å². The van der Waals surface area contributed by atoms with Crippen LogP contribution in [0.5, 0.6) is 5.75 Å². The van der Waals surface area contributed by atoms with Gasteiger partial charge in [0, 0.05) is 27.4 Å². The summed E-state index contributed by atoms with van der Waals surface area (Å²) in [5, 5.41) is 14.9. The fourth-order valence-corrected chi connectivity index (χ4v) is 8.32. The number of rotatable bonds is 7. The number of carbonyl (C=O) groups is 2. The summed E-state index contributed by atoms with van der Waals surface area (Å²) in [6.07, 6.45) is 0.698. The average Bonchev–Trinajstić information content (AvgIpc) is 3.36. The summed E-state index contributed by atoms with van der Waals surface area (Å²) in [5.41, 5.74) is 3.34. The van der Waals surface area contributed by atoms with Crippen molar-refractivity contribution < 1.29 is 24.0 Å². The summed E-state index contributed by atoms with van der Waals surface area (Å²) >= 11 is 12.2. The van der Waals surface area contributed by atoms with E-state index in [2.05, 4.69) is 33.4 Å². The van der Waals surface area contributed by atoms with Crippen molar-refractivity contribution in [2.45, 2.75) is 33.9 Å². The lowest BCUT2D eigenvalue weighted by Gasteiger charge is -2.38. The van der Waals surface area contributed by atoms with Gasteiger partial charge in [-0.2, -0.15) is 0 Å². The highest BCUT2D eigenvalue weighted by Gasteiger charge is 2.50. The van der Waals surface area contributed by atoms with Gasteiger partial charge in [-0.1, -0.05) is 52.3 Å². The number of fused-ring (bicyclic) bond motifs is 3. The van der Waals surface area contributed by atoms with E-state index in [4.69, 9.17) is 21.1 Å². The maximum absolute atomic E-state index is 13.4. The molecule has 6 rings (SSSR count). The van der Waals surface area contributed by atoms with E-state index in [1.165, 1.54) is 31.0 Å². The van der Waals surface area contributed by atoms with Gasteiger partial charge in [0.15, 0.2) is 0 Å². The third-order valence-corrected chi connectivity index (χ3v) is 10.8. The molecule has 0 bridgehead atoms. The van der Waals surface area contributed by atoms with Crippen molar-refractivity contribution in [3.8, 4) is 5.75 Å². The lowest BCUT2D eigenvalue weighted by molar-refractivity contribution is -0.387. The molecule has 8 nitrogen and oxygen atoms in total. The van der Waals surface area contributed by atoms with Crippen LogP contribution in [-0.4, -0.2) is 34.6 Å². The standard InChI is InChI=1S/C33H26BrClN2O6S/c1-42-33(39)21-6-2-4-8-26(21)43-32(38)19-12-15-24-22(16-19)29-23(31(36-24)18-10-13-20(34)14-11-18)17-28(30(29)35)44-27-9-5-3-7-25(27)37(40)41/h2-16,23,28-31,36H,17H2,1H3/t23-,28-,29+,30-,31+/m1/s1. The third-order valence-electron chi connectivity index (χ3n) is 8.11. The number of ether oxygens (including phenoxy) is 2. The molecule has 1 saturated carbocycles. The number of esters is 2. The highest BCUT2D eigenvalue weighted by atomic mass is 79.9. The van der Waals surface area contributed by atoms with Crippen molar-refractivity contribution in [1.82, 2.24) is 0 Å². The highest BCUT2D eigenvalue weighted by Crippen LogP contribution is 2.58. The van der Waals surface area contributed by atoms with Gasteiger partial charge in [-0.3, -0.25) is 10.1 Å². The minimum atomic E-state index is -0.620. The van der Waals surface area contributed by atoms with E-state index >= 15 is 0 Å². The molecular formula is C33H26BrClN2O6S. The molecule has 1 N–H and O–H groups in total. The van der Waals surface area contributed by atoms with Gasteiger partial charge in [0.05, 0.1) is 33.9 Å². The summed E-state index contributed by atoms with van der Waals surface area (Å²) in [5.74, 6) is -1.24. The average molecular weight is 694 g/mol. The molecule has 1 aliphatic carbocycles. The Labute approximate surface area is 271 Å². The number of alkyl halides is 1. The second kappa shape index (κ2) is 12.6. The molecule has 2 aliphatic rings. The van der Waals surface area contributed by atoms with E-state index < -0.39 is 11.9 Å². The lowest BCUT2D eigenvalue weighted by atomic mass is 9.77. The molecule has 5 atom stereocenters. The predicted molar refractivity (Wildman–Crippen MR) is 173 cm³/mol. The number of carbonyl (C=O) groups excluding carboxylic acids is 2. The van der Waals surface area contributed by atoms with Gasteiger partial charge in [-0.05, 0) is 72.0 Å². The van der Waals surface area contributed by atoms with Crippen LogP contribution in [0.1, 0.15) is 50.2 Å². The number of nitro benzene ring substituents is 1. The normalized spacial score (nSPS) is 21.8. The summed E-state index contributed by atoms with van der Waals surface area (Å²) < 4.78 is 11.5. The Morgan fingerprint density at radius 1 is 1.00 bits per heavy atom. The number of halogens is 2. The largest absolute Gasteiger partial charge is 0.465 e. The number of anilines is 1. The van der Waals surface area contributed by atoms with E-state index in [-0.39, 0.29) is 50.4 Å². The molecule has 0 amide bonds. The first-order valence-corrected chi connectivity index (χ1v) is 16.0. The van der Waals surface area contributed by atoms with E-state index in [1.807, 2.05) is 18.2 Å². The number of nitrogens with one attached hydrogen (secondary N) is 1. The van der Waals surface area contributed by atoms with Crippen LogP contribution >= 0.6 is 39.3 Å². The van der Waals surface area contributed by atoms with Crippen molar-refractivity contribution in [3.63, 3.8) is 0 Å². The second-order valence-corrected chi connectivity index (χ2v) is 13.3. The number of hydrogen-bond acceptors (Lipinski definition) is 8. The molecule has 0 spiro atoms. The summed E-state index contributed by atoms with van der Waals surface area (Å²) in [6, 6.07) is 26.5. The molecule has 4 aromatic carbocycles. The van der Waals surface area contributed by atoms with Gasteiger partial charge in [0.1, 0.15) is 11.3 Å². The SMILES string of the molecule is COC(=O)c1ccccc1OC(=O)c1ccc2c(c1)[C@@H]1[C@H](Cl)[C@H](Sc3ccccc3[N+](=O)[O-])C[C@H]1[C@H](c1ccc(Br)cc1)N2. The van der Waals surface area contributed by atoms with Crippen LogP contribution in [0.2, 0.25) is 0 Å². The number of benzene rings is 4. The van der Waals surface area contributed by atoms with Crippen molar-refractivity contribution in [1.29, 1.82) is 0 Å². The Morgan fingerprint density at radius 3 is 2.48 bits per heavy atom. The van der Waals surface area contributed by atoms with Crippen LogP contribution < -0.4 is 10.1 Å². The van der Waals surface area contributed by atoms with Gasteiger partial charge < -0.3 is 14.8 Å². The fraction of sp³-hybridized carbons (Fsp3) is 0.212. The summed E-state index contributed by atoms with van der Waals surface area (Å²) in [4.78, 5) is 37.5. The lowest BCUT2D eigenvalue weighted by Crippen LogP contribution is -2.31. The van der Waals surface area contributed by atoms with Crippen molar-refractivity contribution in [2.24, 2.45) is 5.92 Å². The smallest absolute Gasteiger partial charge is 0.343 e. The Morgan fingerprint density at radius 2 is 1.73 bits per heavy atom. The third kappa shape index (κ3) is 5.81. The number of nitro groups is 1. The van der Waals surface area contributed by atoms with Gasteiger partial charge in [0.25, 0.3) is 5.69 Å². The molecule has 0 aromatic heterocycles. The molecule has 224 valence electrons. The molecule has 44 heavy (non-hydrogen) atoms. The van der Waals surface area contributed by atoms with E-state index in [0.29, 0.717) is 16.9 Å². The van der Waals surface area contributed by atoms with Crippen LogP contribution in [0.3, 0.4) is 0 Å². The van der Waals surface area contributed by atoms with Gasteiger partial charge in [-0.25, -0.2) is 9.59 Å². The van der Waals surface area contributed by atoms with Gasteiger partial charge >= 0.3 is 11.9 Å². The van der Waals surface area contributed by atoms with Crippen LogP contribution in [-0.2, 0) is 4.74 Å². The molecule has 1 aliphatic heterocycles. The van der Waals surface area contributed by atoms with E-state index in [0.717, 1.165) is 21.3 Å². The van der Waals surface area contributed by atoms with E-state index in [9.17, 15) is 19.7 Å². The Kier molecular flexibility index (Phi) is 8.66. The van der Waals surface area contributed by atoms with Crippen molar-refractivity contribution in [3.05, 3.63) is 128 Å². The maximum atomic E-state index is 13.4. The minimum Gasteiger partial charge on any atom is -0.465 e. The van der Waals surface area contributed by atoms with Gasteiger partial charge in [0.2, 0.25) is 0 Å². The number of thioether (sulfide) groups is 1. The number of hydrogen-bond donors (Lipinski definition) is 1. The Balaban J connectivity index is 1.35. The number of para-hydroxylation sites is 2. The zero-order valence-corrected chi connectivity index (χ0v) is 26.5. The Bertz CT molecular complexity index is 1750. The number of methoxy groups -OCH3 is 1. The quantitative estimate of drug-likeness (QED) is 0.0676. The fourth-order valence-electron chi connectivity index (χ4n) is 6.11. The van der Waals surface area contributed by atoms with Crippen LogP contribution in [0.25, 0.3) is 0 Å². The Hall–Kier alpha value is -3.86. The molecule has 0 radical (unpaired) electrons. The van der Waals surface area contributed by atoms with Crippen LogP contribution in [0.15, 0.2) is 100 Å². The van der Waals surface area contributed by atoms with Crippen LogP contribution in [0, 0.1) is 16.0 Å². The first kappa shape index (κ1) is 30.2. The molecule has 1 fully saturated rings. The number of nitrogens with zero attached hydrogens (tertiary/aromatic N) is 1. The molecule has 11 heteroatoms. The summed E-state index contributed by atoms with van der Waals surface area (Å²) in [7, 11) is 1.26. The van der Waals surface area contributed by atoms with Gasteiger partial charge in [-0.15, -0.1) is 23.4 Å². The monoisotopic (exact) mass is 692 g/mol.